The Morgan fingerprint density at radius 3 is 2.58 bits per heavy atom. The van der Waals surface area contributed by atoms with E-state index < -0.39 is 0 Å². The van der Waals surface area contributed by atoms with Crippen LogP contribution in [0.1, 0.15) is 34.6 Å². The van der Waals surface area contributed by atoms with Crippen molar-refractivity contribution in [2.45, 2.75) is 26.7 Å². The molecule has 0 saturated carbocycles. The summed E-state index contributed by atoms with van der Waals surface area (Å²) >= 11 is 0. The van der Waals surface area contributed by atoms with Crippen LogP contribution in [-0.4, -0.2) is 42.5 Å². The van der Waals surface area contributed by atoms with Gasteiger partial charge in [0.15, 0.2) is 0 Å². The molecule has 0 aliphatic heterocycles. The minimum absolute atomic E-state index is 0.128. The topological polar surface area (TPSA) is 59.5 Å². The van der Waals surface area contributed by atoms with Gasteiger partial charge in [-0.05, 0) is 38.0 Å². The maximum Gasteiger partial charge on any atom is 0.305 e. The first-order valence-corrected chi connectivity index (χ1v) is 6.21. The molecule has 0 N–H and O–H groups in total. The van der Waals surface area contributed by atoms with E-state index in [0.29, 0.717) is 25.1 Å². The second kappa shape index (κ2) is 6.87. The molecule has 0 aliphatic rings. The Morgan fingerprint density at radius 2 is 2.00 bits per heavy atom. The van der Waals surface area contributed by atoms with E-state index in [4.69, 9.17) is 0 Å². The van der Waals surface area contributed by atoms with Gasteiger partial charge >= 0.3 is 5.97 Å². The van der Waals surface area contributed by atoms with Crippen molar-refractivity contribution in [3.8, 4) is 0 Å². The number of ether oxygens (including phenoxy) is 1. The Hall–Kier alpha value is -1.91. The van der Waals surface area contributed by atoms with Crippen LogP contribution in [0.15, 0.2) is 12.1 Å². The van der Waals surface area contributed by atoms with Gasteiger partial charge < -0.3 is 9.64 Å². The van der Waals surface area contributed by atoms with Crippen LogP contribution in [0.2, 0.25) is 0 Å². The van der Waals surface area contributed by atoms with Gasteiger partial charge in [0, 0.05) is 25.7 Å². The summed E-state index contributed by atoms with van der Waals surface area (Å²) in [6, 6.07) is 3.69. The number of carbonyl (C=O) groups is 2. The number of hydrogen-bond acceptors (Lipinski definition) is 4. The van der Waals surface area contributed by atoms with Gasteiger partial charge in [-0.3, -0.25) is 9.59 Å². The molecule has 1 aromatic rings. The average molecular weight is 264 g/mol. The molecular weight excluding hydrogens is 244 g/mol. The predicted molar refractivity (Wildman–Crippen MR) is 71.9 cm³/mol. The summed E-state index contributed by atoms with van der Waals surface area (Å²) in [7, 11) is 3.07. The lowest BCUT2D eigenvalue weighted by atomic mass is 10.2. The first kappa shape index (κ1) is 15.1. The lowest BCUT2D eigenvalue weighted by Gasteiger charge is -2.16. The average Bonchev–Trinajstić information content (AvgIpc) is 2.36. The molecular formula is C14H20N2O3. The Bertz CT molecular complexity index is 452. The summed E-state index contributed by atoms with van der Waals surface area (Å²) in [6.07, 6.45) is 0.897. The SMILES string of the molecule is COC(=O)CCCN(C)C(=O)c1cc(C)cc(C)n1. The number of esters is 1. The zero-order valence-electron chi connectivity index (χ0n) is 11.9. The lowest BCUT2D eigenvalue weighted by Crippen LogP contribution is -2.29. The quantitative estimate of drug-likeness (QED) is 0.760. The number of pyridine rings is 1. The van der Waals surface area contributed by atoms with Crippen LogP contribution < -0.4 is 0 Å². The molecule has 5 nitrogen and oxygen atoms in total. The van der Waals surface area contributed by atoms with Crippen molar-refractivity contribution in [2.75, 3.05) is 20.7 Å². The first-order chi connectivity index (χ1) is 8.93. The second-order valence-corrected chi connectivity index (χ2v) is 4.58. The molecule has 1 heterocycles. The predicted octanol–water partition coefficient (Wildman–Crippen LogP) is 1.72. The second-order valence-electron chi connectivity index (χ2n) is 4.58. The molecule has 0 unspecified atom stereocenters. The molecule has 0 radical (unpaired) electrons. The molecule has 0 spiro atoms. The molecule has 104 valence electrons. The number of rotatable bonds is 5. The number of aryl methyl sites for hydroxylation is 2. The highest BCUT2D eigenvalue weighted by Gasteiger charge is 2.14. The van der Waals surface area contributed by atoms with Gasteiger partial charge in [0.2, 0.25) is 0 Å². The Morgan fingerprint density at radius 1 is 1.32 bits per heavy atom. The van der Waals surface area contributed by atoms with Crippen LogP contribution in [0.5, 0.6) is 0 Å². The highest BCUT2D eigenvalue weighted by molar-refractivity contribution is 5.92. The number of carbonyl (C=O) groups excluding carboxylic acids is 2. The number of amides is 1. The summed E-state index contributed by atoms with van der Waals surface area (Å²) < 4.78 is 4.55. The molecule has 19 heavy (non-hydrogen) atoms. The summed E-state index contributed by atoms with van der Waals surface area (Å²) in [6.45, 7) is 4.30. The van der Waals surface area contributed by atoms with Crippen molar-refractivity contribution in [1.29, 1.82) is 0 Å². The highest BCUT2D eigenvalue weighted by Crippen LogP contribution is 2.07. The van der Waals surface area contributed by atoms with Gasteiger partial charge in [-0.15, -0.1) is 0 Å². The monoisotopic (exact) mass is 264 g/mol. The zero-order valence-corrected chi connectivity index (χ0v) is 11.9. The molecule has 0 aromatic carbocycles. The van der Waals surface area contributed by atoms with E-state index in [1.54, 1.807) is 18.0 Å². The fraction of sp³-hybridized carbons (Fsp3) is 0.500. The van der Waals surface area contributed by atoms with Crippen LogP contribution in [-0.2, 0) is 9.53 Å². The van der Waals surface area contributed by atoms with Crippen molar-refractivity contribution < 1.29 is 14.3 Å². The maximum atomic E-state index is 12.1. The number of methoxy groups -OCH3 is 1. The lowest BCUT2D eigenvalue weighted by molar-refractivity contribution is -0.140. The van der Waals surface area contributed by atoms with Crippen molar-refractivity contribution in [3.63, 3.8) is 0 Å². The van der Waals surface area contributed by atoms with Gasteiger partial charge in [-0.1, -0.05) is 0 Å². The summed E-state index contributed by atoms with van der Waals surface area (Å²) in [5.41, 5.74) is 2.28. The molecule has 1 amide bonds. The smallest absolute Gasteiger partial charge is 0.305 e. The molecule has 5 heteroatoms. The Balaban J connectivity index is 2.59. The minimum atomic E-state index is -0.259. The van der Waals surface area contributed by atoms with Gasteiger partial charge in [-0.25, -0.2) is 4.98 Å². The third kappa shape index (κ3) is 4.69. The normalized spacial score (nSPS) is 10.1. The third-order valence-corrected chi connectivity index (χ3v) is 2.77. The number of hydrogen-bond donors (Lipinski definition) is 0. The van der Waals surface area contributed by atoms with E-state index in [9.17, 15) is 9.59 Å². The minimum Gasteiger partial charge on any atom is -0.469 e. The van der Waals surface area contributed by atoms with E-state index in [2.05, 4.69) is 9.72 Å². The van der Waals surface area contributed by atoms with Gasteiger partial charge in [0.1, 0.15) is 5.69 Å². The van der Waals surface area contributed by atoms with E-state index in [0.717, 1.165) is 11.3 Å². The van der Waals surface area contributed by atoms with E-state index in [-0.39, 0.29) is 11.9 Å². The van der Waals surface area contributed by atoms with Crippen molar-refractivity contribution in [3.05, 3.63) is 29.1 Å². The van der Waals surface area contributed by atoms with E-state index >= 15 is 0 Å². The van der Waals surface area contributed by atoms with Crippen molar-refractivity contribution in [1.82, 2.24) is 9.88 Å². The first-order valence-electron chi connectivity index (χ1n) is 6.21. The molecule has 0 bridgehead atoms. The zero-order chi connectivity index (χ0) is 14.4. The maximum absolute atomic E-state index is 12.1. The molecule has 1 rings (SSSR count). The van der Waals surface area contributed by atoms with Gasteiger partial charge in [0.25, 0.3) is 5.91 Å². The summed E-state index contributed by atoms with van der Waals surface area (Å²) in [4.78, 5) is 28.9. The summed E-state index contributed by atoms with van der Waals surface area (Å²) in [5.74, 6) is -0.387. The fourth-order valence-electron chi connectivity index (χ4n) is 1.81. The van der Waals surface area contributed by atoms with E-state index in [1.165, 1.54) is 7.11 Å². The van der Waals surface area contributed by atoms with Crippen molar-refractivity contribution in [2.24, 2.45) is 0 Å². The third-order valence-electron chi connectivity index (χ3n) is 2.77. The van der Waals surface area contributed by atoms with Gasteiger partial charge in [-0.2, -0.15) is 0 Å². The number of nitrogens with zero attached hydrogens (tertiary/aromatic N) is 2. The standard InChI is InChI=1S/C14H20N2O3/c1-10-8-11(2)15-12(9-10)14(18)16(3)7-5-6-13(17)19-4/h8-9H,5-7H2,1-4H3. The number of aromatic nitrogens is 1. The van der Waals surface area contributed by atoms with Crippen LogP contribution in [0.4, 0.5) is 0 Å². The molecule has 0 saturated heterocycles. The van der Waals surface area contributed by atoms with Crippen LogP contribution in [0.25, 0.3) is 0 Å². The van der Waals surface area contributed by atoms with Crippen LogP contribution in [0, 0.1) is 13.8 Å². The van der Waals surface area contributed by atoms with Crippen LogP contribution in [0.3, 0.4) is 0 Å². The molecule has 1 aromatic heterocycles. The molecule has 0 atom stereocenters. The summed E-state index contributed by atoms with van der Waals surface area (Å²) in [5, 5.41) is 0. The molecule has 0 aliphatic carbocycles. The van der Waals surface area contributed by atoms with Crippen molar-refractivity contribution >= 4 is 11.9 Å². The highest BCUT2D eigenvalue weighted by atomic mass is 16.5. The molecule has 0 fully saturated rings. The Labute approximate surface area is 113 Å². The Kier molecular flexibility index (Phi) is 5.48. The van der Waals surface area contributed by atoms with Crippen LogP contribution >= 0.6 is 0 Å². The van der Waals surface area contributed by atoms with E-state index in [1.807, 2.05) is 19.9 Å². The fourth-order valence-corrected chi connectivity index (χ4v) is 1.81. The van der Waals surface area contributed by atoms with Gasteiger partial charge in [0.05, 0.1) is 7.11 Å². The largest absolute Gasteiger partial charge is 0.469 e.